The van der Waals surface area contributed by atoms with E-state index in [0.29, 0.717) is 23.7 Å². The molecule has 2 aliphatic carbocycles. The van der Waals surface area contributed by atoms with Crippen LogP contribution in [0.5, 0.6) is 0 Å². The summed E-state index contributed by atoms with van der Waals surface area (Å²) in [6.45, 7) is 2.58. The van der Waals surface area contributed by atoms with E-state index in [1.54, 1.807) is 6.20 Å². The van der Waals surface area contributed by atoms with Crippen LogP contribution in [0.3, 0.4) is 0 Å². The molecular weight excluding hydrogens is 250 g/mol. The zero-order valence-corrected chi connectivity index (χ0v) is 11.7. The van der Waals surface area contributed by atoms with Gasteiger partial charge < -0.3 is 10.2 Å². The zero-order chi connectivity index (χ0) is 13.5. The molecule has 0 spiro atoms. The highest BCUT2D eigenvalue weighted by molar-refractivity contribution is 5.83. The molecule has 4 nitrogen and oxygen atoms in total. The number of hydrogen-bond donors (Lipinski definition) is 1. The number of carbonyl (C=O) groups excluding carboxylic acids is 1. The Hall–Kier alpha value is -1.42. The van der Waals surface area contributed by atoms with Gasteiger partial charge in [-0.15, -0.1) is 0 Å². The molecule has 1 amide bonds. The van der Waals surface area contributed by atoms with Gasteiger partial charge in [0.2, 0.25) is 5.91 Å². The summed E-state index contributed by atoms with van der Waals surface area (Å²) in [6.07, 6.45) is 7.55. The lowest BCUT2D eigenvalue weighted by molar-refractivity contribution is -0.136. The first-order valence-electron chi connectivity index (χ1n) is 7.77. The Kier molecular flexibility index (Phi) is 2.99. The van der Waals surface area contributed by atoms with E-state index in [1.807, 2.05) is 12.3 Å². The van der Waals surface area contributed by atoms with Crippen molar-refractivity contribution < 1.29 is 4.79 Å². The zero-order valence-electron chi connectivity index (χ0n) is 11.7. The number of carbonyl (C=O) groups is 1. The number of amides is 1. The molecule has 0 unspecified atom stereocenters. The summed E-state index contributed by atoms with van der Waals surface area (Å²) in [5.41, 5.74) is 1.15. The molecule has 20 heavy (non-hydrogen) atoms. The third-order valence-corrected chi connectivity index (χ3v) is 5.29. The van der Waals surface area contributed by atoms with Gasteiger partial charge in [0.25, 0.3) is 0 Å². The van der Waals surface area contributed by atoms with Gasteiger partial charge in [-0.1, -0.05) is 12.5 Å². The topological polar surface area (TPSA) is 45.2 Å². The lowest BCUT2D eigenvalue weighted by Gasteiger charge is -2.37. The summed E-state index contributed by atoms with van der Waals surface area (Å²) >= 11 is 0. The number of fused-ring (bicyclic) bond motifs is 1. The predicted octanol–water partition coefficient (Wildman–Crippen LogP) is 1.60. The second-order valence-corrected chi connectivity index (χ2v) is 6.32. The third-order valence-electron chi connectivity index (χ3n) is 5.29. The fourth-order valence-corrected chi connectivity index (χ4v) is 4.22. The van der Waals surface area contributed by atoms with E-state index >= 15 is 0 Å². The van der Waals surface area contributed by atoms with Crippen LogP contribution in [0, 0.1) is 17.8 Å². The maximum atomic E-state index is 12.8. The van der Waals surface area contributed by atoms with Crippen LogP contribution in [-0.4, -0.2) is 35.4 Å². The van der Waals surface area contributed by atoms with E-state index in [1.165, 1.54) is 19.3 Å². The molecule has 0 bridgehead atoms. The van der Waals surface area contributed by atoms with Crippen LogP contribution >= 0.6 is 0 Å². The van der Waals surface area contributed by atoms with Crippen LogP contribution in [0.4, 0.5) is 0 Å². The molecule has 0 radical (unpaired) electrons. The Morgan fingerprint density at radius 2 is 2.20 bits per heavy atom. The predicted molar refractivity (Wildman–Crippen MR) is 75.9 cm³/mol. The maximum absolute atomic E-state index is 12.8. The summed E-state index contributed by atoms with van der Waals surface area (Å²) in [5.74, 6) is 2.13. The molecule has 2 heterocycles. The van der Waals surface area contributed by atoms with Crippen molar-refractivity contribution in [3.8, 4) is 0 Å². The summed E-state index contributed by atoms with van der Waals surface area (Å²) in [5, 5.41) is 3.41. The van der Waals surface area contributed by atoms with E-state index in [9.17, 15) is 4.79 Å². The smallest absolute Gasteiger partial charge is 0.226 e. The lowest BCUT2D eigenvalue weighted by Crippen LogP contribution is -2.49. The maximum Gasteiger partial charge on any atom is 0.226 e. The molecule has 1 aromatic rings. The highest BCUT2D eigenvalue weighted by atomic mass is 16.2. The first-order valence-corrected chi connectivity index (χ1v) is 7.77. The molecule has 0 aromatic carbocycles. The number of hydrogen-bond acceptors (Lipinski definition) is 3. The quantitative estimate of drug-likeness (QED) is 0.888. The molecule has 1 N–H and O–H groups in total. The SMILES string of the molecule is O=C(C1[C@@H]2CCC[C@@H]12)N1CCNC[C@H]1c1cccnc1. The average molecular weight is 271 g/mol. The highest BCUT2D eigenvalue weighted by Gasteiger charge is 2.58. The van der Waals surface area contributed by atoms with Crippen LogP contribution in [0.1, 0.15) is 30.9 Å². The minimum Gasteiger partial charge on any atom is -0.333 e. The van der Waals surface area contributed by atoms with E-state index in [4.69, 9.17) is 0 Å². The molecule has 2 saturated carbocycles. The number of nitrogens with zero attached hydrogens (tertiary/aromatic N) is 2. The Bertz CT molecular complexity index is 494. The van der Waals surface area contributed by atoms with E-state index in [0.717, 1.165) is 25.2 Å². The summed E-state index contributed by atoms with van der Waals surface area (Å²) in [6, 6.07) is 4.20. The number of rotatable bonds is 2. The van der Waals surface area contributed by atoms with Crippen molar-refractivity contribution in [1.82, 2.24) is 15.2 Å². The second-order valence-electron chi connectivity index (χ2n) is 6.32. The van der Waals surface area contributed by atoms with Crippen molar-refractivity contribution in [1.29, 1.82) is 0 Å². The standard InChI is InChI=1S/C16H21N3O/c20-16(15-12-4-1-5-13(12)15)19-8-7-18-10-14(19)11-3-2-6-17-9-11/h2-3,6,9,12-15,18H,1,4-5,7-8,10H2/t12-,13-,14+/m1/s1. The van der Waals surface area contributed by atoms with E-state index < -0.39 is 0 Å². The van der Waals surface area contributed by atoms with Crippen molar-refractivity contribution in [2.75, 3.05) is 19.6 Å². The fourth-order valence-electron chi connectivity index (χ4n) is 4.22. The molecular formula is C16H21N3O. The second kappa shape index (κ2) is 4.85. The number of nitrogens with one attached hydrogen (secondary N) is 1. The average Bonchev–Trinajstić information content (AvgIpc) is 2.99. The molecule has 3 fully saturated rings. The molecule has 106 valence electrons. The van der Waals surface area contributed by atoms with E-state index in [-0.39, 0.29) is 6.04 Å². The van der Waals surface area contributed by atoms with Crippen LogP contribution in [0.25, 0.3) is 0 Å². The minimum absolute atomic E-state index is 0.159. The van der Waals surface area contributed by atoms with Gasteiger partial charge in [-0.25, -0.2) is 0 Å². The Morgan fingerprint density at radius 1 is 1.35 bits per heavy atom. The third kappa shape index (κ3) is 1.94. The van der Waals surface area contributed by atoms with Crippen LogP contribution in [-0.2, 0) is 4.79 Å². The number of piperazine rings is 1. The van der Waals surface area contributed by atoms with Crippen LogP contribution < -0.4 is 5.32 Å². The van der Waals surface area contributed by atoms with Gasteiger partial charge in [-0.2, -0.15) is 0 Å². The molecule has 1 saturated heterocycles. The Labute approximate surface area is 119 Å². The van der Waals surface area contributed by atoms with Crippen molar-refractivity contribution in [3.63, 3.8) is 0 Å². The number of pyridine rings is 1. The van der Waals surface area contributed by atoms with Crippen molar-refractivity contribution in [2.24, 2.45) is 17.8 Å². The normalized spacial score (nSPS) is 35.7. The molecule has 4 rings (SSSR count). The monoisotopic (exact) mass is 271 g/mol. The molecule has 3 atom stereocenters. The minimum atomic E-state index is 0.159. The van der Waals surface area contributed by atoms with Crippen molar-refractivity contribution in [2.45, 2.75) is 25.3 Å². The van der Waals surface area contributed by atoms with E-state index in [2.05, 4.69) is 21.3 Å². The highest BCUT2D eigenvalue weighted by Crippen LogP contribution is 2.58. The van der Waals surface area contributed by atoms with Gasteiger partial charge in [-0.3, -0.25) is 9.78 Å². The lowest BCUT2D eigenvalue weighted by atomic mass is 10.0. The van der Waals surface area contributed by atoms with Crippen LogP contribution in [0.2, 0.25) is 0 Å². The van der Waals surface area contributed by atoms with Gasteiger partial charge in [0.15, 0.2) is 0 Å². The van der Waals surface area contributed by atoms with Gasteiger partial charge in [-0.05, 0) is 36.3 Å². The van der Waals surface area contributed by atoms with Crippen LogP contribution in [0.15, 0.2) is 24.5 Å². The summed E-state index contributed by atoms with van der Waals surface area (Å²) in [7, 11) is 0. The van der Waals surface area contributed by atoms with Gasteiger partial charge in [0, 0.05) is 37.9 Å². The van der Waals surface area contributed by atoms with Crippen molar-refractivity contribution in [3.05, 3.63) is 30.1 Å². The Morgan fingerprint density at radius 3 is 2.95 bits per heavy atom. The van der Waals surface area contributed by atoms with Gasteiger partial charge >= 0.3 is 0 Å². The van der Waals surface area contributed by atoms with Crippen molar-refractivity contribution >= 4 is 5.91 Å². The summed E-state index contributed by atoms with van der Waals surface area (Å²) in [4.78, 5) is 19.1. The fraction of sp³-hybridized carbons (Fsp3) is 0.625. The molecule has 1 aromatic heterocycles. The molecule has 1 aliphatic heterocycles. The molecule has 4 heteroatoms. The largest absolute Gasteiger partial charge is 0.333 e. The number of aromatic nitrogens is 1. The van der Waals surface area contributed by atoms with Gasteiger partial charge in [0.05, 0.1) is 6.04 Å². The first kappa shape index (κ1) is 12.3. The molecule has 3 aliphatic rings. The van der Waals surface area contributed by atoms with Gasteiger partial charge in [0.1, 0.15) is 0 Å². The summed E-state index contributed by atoms with van der Waals surface area (Å²) < 4.78 is 0. The first-order chi connectivity index (χ1) is 9.86. The Balaban J connectivity index is 1.54.